The second kappa shape index (κ2) is 10.4. The molecule has 1 nitrogen and oxygen atoms in total. The van der Waals surface area contributed by atoms with Gasteiger partial charge in [-0.25, -0.2) is 4.98 Å². The molecule has 0 saturated heterocycles. The van der Waals surface area contributed by atoms with Crippen molar-refractivity contribution >= 4 is 39.0 Å². The second-order valence-corrected chi connectivity index (χ2v) is 7.26. The van der Waals surface area contributed by atoms with E-state index < -0.39 is 0 Å². The average molecular weight is 336 g/mol. The molecule has 0 atom stereocenters. The Hall–Kier alpha value is 0.460. The van der Waals surface area contributed by atoms with Crippen LogP contribution in [0.15, 0.2) is 9.72 Å². The molecule has 0 aromatic carbocycles. The number of rotatable bonds is 10. The SMILES string of the molecule is Cc1csc(SCCCCCCCCCBr)n1. The van der Waals surface area contributed by atoms with Gasteiger partial charge in [0.1, 0.15) is 4.34 Å². The zero-order valence-electron chi connectivity index (χ0n) is 10.6. The third-order valence-electron chi connectivity index (χ3n) is 2.60. The molecule has 0 unspecified atom stereocenters. The molecule has 98 valence electrons. The molecular weight excluding hydrogens is 314 g/mol. The van der Waals surface area contributed by atoms with Crippen LogP contribution in [0.2, 0.25) is 0 Å². The van der Waals surface area contributed by atoms with E-state index in [9.17, 15) is 0 Å². The first-order valence-corrected chi connectivity index (χ1v) is 9.42. The first kappa shape index (κ1) is 15.5. The van der Waals surface area contributed by atoms with Crippen molar-refractivity contribution < 1.29 is 0 Å². The highest BCUT2D eigenvalue weighted by molar-refractivity contribution is 9.09. The molecule has 4 heteroatoms. The summed E-state index contributed by atoms with van der Waals surface area (Å²) in [6.07, 6.45) is 9.66. The van der Waals surface area contributed by atoms with E-state index in [1.807, 2.05) is 11.8 Å². The van der Waals surface area contributed by atoms with Crippen LogP contribution in [0.3, 0.4) is 0 Å². The zero-order chi connectivity index (χ0) is 12.3. The van der Waals surface area contributed by atoms with Crippen LogP contribution in [0.5, 0.6) is 0 Å². The van der Waals surface area contributed by atoms with Crippen molar-refractivity contribution in [2.24, 2.45) is 0 Å². The molecule has 1 aromatic rings. The summed E-state index contributed by atoms with van der Waals surface area (Å²) in [7, 11) is 0. The van der Waals surface area contributed by atoms with E-state index in [2.05, 4.69) is 33.2 Å². The maximum atomic E-state index is 4.46. The Balaban J connectivity index is 1.84. The maximum absolute atomic E-state index is 4.46. The normalized spacial score (nSPS) is 10.9. The molecule has 0 fully saturated rings. The van der Waals surface area contributed by atoms with Crippen LogP contribution < -0.4 is 0 Å². The minimum absolute atomic E-state index is 1.16. The molecule has 0 N–H and O–H groups in total. The first-order chi connectivity index (χ1) is 8.33. The van der Waals surface area contributed by atoms with Crippen LogP contribution in [-0.4, -0.2) is 16.1 Å². The monoisotopic (exact) mass is 335 g/mol. The van der Waals surface area contributed by atoms with Crippen LogP contribution >= 0.6 is 39.0 Å². The number of alkyl halides is 1. The highest BCUT2D eigenvalue weighted by Gasteiger charge is 1.98. The molecule has 0 radical (unpaired) electrons. The fraction of sp³-hybridized carbons (Fsp3) is 0.769. The lowest BCUT2D eigenvalue weighted by molar-refractivity contribution is 0.606. The summed E-state index contributed by atoms with van der Waals surface area (Å²) in [5.41, 5.74) is 1.16. The molecule has 0 saturated carbocycles. The molecule has 1 heterocycles. The smallest absolute Gasteiger partial charge is 0.150 e. The van der Waals surface area contributed by atoms with E-state index in [0.717, 1.165) is 11.0 Å². The Morgan fingerprint density at radius 2 is 1.76 bits per heavy atom. The van der Waals surface area contributed by atoms with Crippen LogP contribution in [0.4, 0.5) is 0 Å². The number of aromatic nitrogens is 1. The predicted molar refractivity (Wildman–Crippen MR) is 83.7 cm³/mol. The van der Waals surface area contributed by atoms with Gasteiger partial charge in [0.2, 0.25) is 0 Å². The lowest BCUT2D eigenvalue weighted by atomic mass is 10.1. The summed E-state index contributed by atoms with van der Waals surface area (Å²) in [6, 6.07) is 0. The summed E-state index contributed by atoms with van der Waals surface area (Å²) in [5, 5.41) is 3.29. The van der Waals surface area contributed by atoms with Crippen LogP contribution in [0.25, 0.3) is 0 Å². The number of unbranched alkanes of at least 4 members (excludes halogenated alkanes) is 6. The number of nitrogens with zero attached hydrogens (tertiary/aromatic N) is 1. The van der Waals surface area contributed by atoms with Crippen molar-refractivity contribution in [1.82, 2.24) is 4.98 Å². The summed E-state index contributed by atoms with van der Waals surface area (Å²) in [5.74, 6) is 1.23. The molecular formula is C13H22BrNS2. The van der Waals surface area contributed by atoms with Gasteiger partial charge in [0, 0.05) is 22.2 Å². The van der Waals surface area contributed by atoms with Gasteiger partial charge in [0.25, 0.3) is 0 Å². The fourth-order valence-corrected chi connectivity index (χ4v) is 3.95. The van der Waals surface area contributed by atoms with E-state index in [1.54, 1.807) is 11.3 Å². The van der Waals surface area contributed by atoms with Gasteiger partial charge in [0.15, 0.2) is 0 Å². The average Bonchev–Trinajstić information content (AvgIpc) is 2.73. The Kier molecular flexibility index (Phi) is 9.48. The van der Waals surface area contributed by atoms with Gasteiger partial charge < -0.3 is 0 Å². The summed E-state index contributed by atoms with van der Waals surface area (Å²) >= 11 is 7.16. The predicted octanol–water partition coefficient (Wildman–Crippen LogP) is 5.67. The van der Waals surface area contributed by atoms with Gasteiger partial charge in [0.05, 0.1) is 0 Å². The van der Waals surface area contributed by atoms with Crippen molar-refractivity contribution in [3.8, 4) is 0 Å². The standard InChI is InChI=1S/C13H22BrNS2/c1-12-11-17-13(15-12)16-10-8-6-4-2-3-5-7-9-14/h11H,2-10H2,1H3. The van der Waals surface area contributed by atoms with Gasteiger partial charge in [-0.2, -0.15) is 0 Å². The highest BCUT2D eigenvalue weighted by atomic mass is 79.9. The Labute approximate surface area is 122 Å². The van der Waals surface area contributed by atoms with Crippen LogP contribution in [0.1, 0.15) is 50.6 Å². The lowest BCUT2D eigenvalue weighted by Gasteiger charge is -2.00. The highest BCUT2D eigenvalue weighted by Crippen LogP contribution is 2.23. The summed E-state index contributed by atoms with van der Waals surface area (Å²) in [6.45, 7) is 2.06. The van der Waals surface area contributed by atoms with Crippen molar-refractivity contribution in [2.75, 3.05) is 11.1 Å². The fourth-order valence-electron chi connectivity index (χ4n) is 1.64. The number of halogens is 1. The minimum atomic E-state index is 1.16. The molecule has 0 bridgehead atoms. The molecule has 0 amide bonds. The van der Waals surface area contributed by atoms with E-state index in [4.69, 9.17) is 0 Å². The van der Waals surface area contributed by atoms with Crippen molar-refractivity contribution in [3.05, 3.63) is 11.1 Å². The van der Waals surface area contributed by atoms with Crippen LogP contribution in [0, 0.1) is 6.92 Å². The molecule has 0 aliphatic carbocycles. The quantitative estimate of drug-likeness (QED) is 0.310. The summed E-state index contributed by atoms with van der Waals surface area (Å²) < 4.78 is 1.24. The number of thiazole rings is 1. The Morgan fingerprint density at radius 1 is 1.12 bits per heavy atom. The molecule has 0 aliphatic rings. The molecule has 0 aliphatic heterocycles. The van der Waals surface area contributed by atoms with Gasteiger partial charge in [-0.3, -0.25) is 0 Å². The maximum Gasteiger partial charge on any atom is 0.150 e. The second-order valence-electron chi connectivity index (χ2n) is 4.27. The number of thioether (sulfide) groups is 1. The Morgan fingerprint density at radius 3 is 2.35 bits per heavy atom. The third kappa shape index (κ3) is 8.22. The van der Waals surface area contributed by atoms with E-state index >= 15 is 0 Å². The van der Waals surface area contributed by atoms with Gasteiger partial charge in [-0.15, -0.1) is 11.3 Å². The third-order valence-corrected chi connectivity index (χ3v) is 5.39. The molecule has 1 rings (SSSR count). The van der Waals surface area contributed by atoms with Crippen LogP contribution in [-0.2, 0) is 0 Å². The van der Waals surface area contributed by atoms with Gasteiger partial charge in [-0.1, -0.05) is 59.8 Å². The zero-order valence-corrected chi connectivity index (χ0v) is 13.8. The molecule has 0 spiro atoms. The minimum Gasteiger partial charge on any atom is -0.235 e. The van der Waals surface area contributed by atoms with Gasteiger partial charge in [-0.05, 0) is 19.8 Å². The largest absolute Gasteiger partial charge is 0.235 e. The van der Waals surface area contributed by atoms with Crippen molar-refractivity contribution in [1.29, 1.82) is 0 Å². The summed E-state index contributed by atoms with van der Waals surface area (Å²) in [4.78, 5) is 4.46. The Bertz CT molecular complexity index is 289. The van der Waals surface area contributed by atoms with E-state index in [1.165, 1.54) is 55.0 Å². The topological polar surface area (TPSA) is 12.9 Å². The van der Waals surface area contributed by atoms with Crippen molar-refractivity contribution in [2.45, 2.75) is 56.2 Å². The first-order valence-electron chi connectivity index (χ1n) is 6.44. The van der Waals surface area contributed by atoms with E-state index in [-0.39, 0.29) is 0 Å². The van der Waals surface area contributed by atoms with Gasteiger partial charge >= 0.3 is 0 Å². The number of aryl methyl sites for hydroxylation is 1. The van der Waals surface area contributed by atoms with E-state index in [0.29, 0.717) is 0 Å². The molecule has 17 heavy (non-hydrogen) atoms. The molecule has 1 aromatic heterocycles. The lowest BCUT2D eigenvalue weighted by Crippen LogP contribution is -1.83. The van der Waals surface area contributed by atoms with Crippen molar-refractivity contribution in [3.63, 3.8) is 0 Å². The number of hydrogen-bond donors (Lipinski definition) is 0. The number of hydrogen-bond acceptors (Lipinski definition) is 3.